The zero-order chi connectivity index (χ0) is 22.4. The van der Waals surface area contributed by atoms with Crippen LogP contribution in [0.4, 0.5) is 5.69 Å². The molecule has 0 saturated heterocycles. The summed E-state index contributed by atoms with van der Waals surface area (Å²) < 4.78 is 10.2. The standard InChI is InChI=1S/C20H28N2O7/c1-7-29-19(25)14(10-21-17(11-23)20(3,4)5)18(24)13-9-15(22(26)27)12(2)8-16(13)28-6/h8-10,17,23-24H,7,11H2,1-6H3/t17-/m1/s1. The number of hydrogen-bond acceptors (Lipinski definition) is 8. The molecule has 0 aliphatic heterocycles. The number of rotatable bonds is 8. The molecule has 29 heavy (non-hydrogen) atoms. The highest BCUT2D eigenvalue weighted by Crippen LogP contribution is 2.33. The third-order valence-corrected chi connectivity index (χ3v) is 4.28. The molecule has 160 valence electrons. The molecule has 1 aromatic rings. The van der Waals surface area contributed by atoms with Crippen molar-refractivity contribution in [3.63, 3.8) is 0 Å². The highest BCUT2D eigenvalue weighted by molar-refractivity contribution is 6.15. The van der Waals surface area contributed by atoms with Crippen LogP contribution in [0.5, 0.6) is 5.75 Å². The van der Waals surface area contributed by atoms with E-state index in [2.05, 4.69) is 4.99 Å². The number of aliphatic hydroxyl groups is 2. The van der Waals surface area contributed by atoms with E-state index < -0.39 is 28.1 Å². The van der Waals surface area contributed by atoms with Crippen LogP contribution >= 0.6 is 0 Å². The first kappa shape index (κ1) is 24.1. The lowest BCUT2D eigenvalue weighted by molar-refractivity contribution is -0.385. The summed E-state index contributed by atoms with van der Waals surface area (Å²) in [5, 5.41) is 31.7. The highest BCUT2D eigenvalue weighted by atomic mass is 16.6. The third kappa shape index (κ3) is 6.02. The van der Waals surface area contributed by atoms with Crippen LogP contribution in [0, 0.1) is 22.5 Å². The van der Waals surface area contributed by atoms with Crippen molar-refractivity contribution in [2.75, 3.05) is 20.3 Å². The third-order valence-electron chi connectivity index (χ3n) is 4.28. The van der Waals surface area contributed by atoms with Crippen LogP contribution in [0.1, 0.15) is 38.8 Å². The number of methoxy groups -OCH3 is 1. The highest BCUT2D eigenvalue weighted by Gasteiger charge is 2.26. The molecule has 0 amide bonds. The lowest BCUT2D eigenvalue weighted by atomic mass is 9.88. The molecule has 1 rings (SSSR count). The number of esters is 1. The lowest BCUT2D eigenvalue weighted by Crippen LogP contribution is -2.28. The topological polar surface area (TPSA) is 131 Å². The fourth-order valence-electron chi connectivity index (χ4n) is 2.49. The summed E-state index contributed by atoms with van der Waals surface area (Å²) >= 11 is 0. The average Bonchev–Trinajstić information content (AvgIpc) is 2.63. The first-order valence-electron chi connectivity index (χ1n) is 9.05. The van der Waals surface area contributed by atoms with Gasteiger partial charge in [0.1, 0.15) is 17.1 Å². The lowest BCUT2D eigenvalue weighted by Gasteiger charge is -2.25. The van der Waals surface area contributed by atoms with Crippen LogP contribution in [0.3, 0.4) is 0 Å². The Balaban J connectivity index is 3.67. The summed E-state index contributed by atoms with van der Waals surface area (Å²) in [6.45, 7) is 8.52. The summed E-state index contributed by atoms with van der Waals surface area (Å²) in [6, 6.07) is 1.98. The first-order chi connectivity index (χ1) is 13.5. The number of carbonyl (C=O) groups excluding carboxylic acids is 1. The first-order valence-corrected chi connectivity index (χ1v) is 9.05. The van der Waals surface area contributed by atoms with Crippen molar-refractivity contribution in [2.24, 2.45) is 10.4 Å². The van der Waals surface area contributed by atoms with Crippen molar-refractivity contribution < 1.29 is 29.4 Å². The molecule has 1 atom stereocenters. The largest absolute Gasteiger partial charge is 0.506 e. The van der Waals surface area contributed by atoms with Gasteiger partial charge in [-0.2, -0.15) is 0 Å². The van der Waals surface area contributed by atoms with Crippen LogP contribution in [-0.4, -0.2) is 53.7 Å². The maximum atomic E-state index is 12.4. The second kappa shape index (κ2) is 10.0. The Bertz CT molecular complexity index is 823. The van der Waals surface area contributed by atoms with Crippen molar-refractivity contribution >= 4 is 23.6 Å². The number of aliphatic hydroxyl groups excluding tert-OH is 2. The minimum atomic E-state index is -0.857. The summed E-state index contributed by atoms with van der Waals surface area (Å²) in [4.78, 5) is 27.3. The van der Waals surface area contributed by atoms with E-state index in [-0.39, 0.29) is 35.8 Å². The maximum Gasteiger partial charge on any atom is 0.343 e. The number of aliphatic imine (C=N–C) groups is 1. The summed E-state index contributed by atoms with van der Waals surface area (Å²) in [5.41, 5.74) is -0.652. The fraction of sp³-hybridized carbons (Fsp3) is 0.500. The zero-order valence-electron chi connectivity index (χ0n) is 17.6. The molecule has 0 bridgehead atoms. The van der Waals surface area contributed by atoms with Crippen LogP contribution in [-0.2, 0) is 9.53 Å². The number of ether oxygens (including phenoxy) is 2. The molecule has 0 saturated carbocycles. The Morgan fingerprint density at radius 1 is 1.38 bits per heavy atom. The molecule has 0 spiro atoms. The van der Waals surface area contributed by atoms with Crippen molar-refractivity contribution in [3.05, 3.63) is 38.9 Å². The normalized spacial score (nSPS) is 13.8. The number of benzene rings is 1. The van der Waals surface area contributed by atoms with Crippen molar-refractivity contribution in [3.8, 4) is 5.75 Å². The molecule has 1 aromatic carbocycles. The number of nitro groups is 1. The SMILES string of the molecule is CCOC(=O)C(C=N[C@H](CO)C(C)(C)C)=C(O)c1cc([N+](=O)[O-])c(C)cc1OC. The fourth-order valence-corrected chi connectivity index (χ4v) is 2.49. The smallest absolute Gasteiger partial charge is 0.343 e. The molecule has 9 nitrogen and oxygen atoms in total. The second-order valence-corrected chi connectivity index (χ2v) is 7.42. The molecule has 0 aliphatic rings. The van der Waals surface area contributed by atoms with Crippen molar-refractivity contribution in [1.82, 2.24) is 0 Å². The molecular weight excluding hydrogens is 380 g/mol. The molecule has 0 unspecified atom stereocenters. The van der Waals surface area contributed by atoms with Gasteiger partial charge in [-0.25, -0.2) is 4.79 Å². The second-order valence-electron chi connectivity index (χ2n) is 7.42. The summed E-state index contributed by atoms with van der Waals surface area (Å²) in [7, 11) is 1.34. The number of hydrogen-bond donors (Lipinski definition) is 2. The Kier molecular flexibility index (Phi) is 8.32. The van der Waals surface area contributed by atoms with Crippen LogP contribution in [0.25, 0.3) is 5.76 Å². The van der Waals surface area contributed by atoms with Gasteiger partial charge in [-0.15, -0.1) is 0 Å². The van der Waals surface area contributed by atoms with Gasteiger partial charge in [0.15, 0.2) is 0 Å². The van der Waals surface area contributed by atoms with Gasteiger partial charge in [0.25, 0.3) is 5.69 Å². The van der Waals surface area contributed by atoms with Crippen LogP contribution in [0.2, 0.25) is 0 Å². The number of nitrogens with zero attached hydrogens (tertiary/aromatic N) is 2. The summed E-state index contributed by atoms with van der Waals surface area (Å²) in [5.74, 6) is -1.28. The van der Waals surface area contributed by atoms with E-state index in [1.807, 2.05) is 20.8 Å². The Morgan fingerprint density at radius 2 is 2.00 bits per heavy atom. The zero-order valence-corrected chi connectivity index (χ0v) is 17.6. The number of carbonyl (C=O) groups is 1. The molecule has 0 aromatic heterocycles. The monoisotopic (exact) mass is 408 g/mol. The number of nitro benzene ring substituents is 1. The van der Waals surface area contributed by atoms with Crippen LogP contribution in [0.15, 0.2) is 22.7 Å². The van der Waals surface area contributed by atoms with Gasteiger partial charge in [-0.05, 0) is 25.3 Å². The van der Waals surface area contributed by atoms with Gasteiger partial charge in [-0.1, -0.05) is 20.8 Å². The molecule has 9 heteroatoms. The molecular formula is C20H28N2O7. The Labute approximate surface area is 169 Å². The average molecular weight is 408 g/mol. The van der Waals surface area contributed by atoms with E-state index in [0.29, 0.717) is 5.56 Å². The van der Waals surface area contributed by atoms with Gasteiger partial charge in [0.05, 0.1) is 36.9 Å². The van der Waals surface area contributed by atoms with E-state index in [0.717, 1.165) is 12.3 Å². The maximum absolute atomic E-state index is 12.4. The quantitative estimate of drug-likeness (QED) is 0.169. The van der Waals surface area contributed by atoms with Crippen molar-refractivity contribution in [2.45, 2.75) is 40.7 Å². The van der Waals surface area contributed by atoms with Gasteiger partial charge >= 0.3 is 5.97 Å². The van der Waals surface area contributed by atoms with E-state index in [1.54, 1.807) is 6.92 Å². The Morgan fingerprint density at radius 3 is 2.45 bits per heavy atom. The molecule has 0 radical (unpaired) electrons. The molecule has 0 fully saturated rings. The molecule has 0 heterocycles. The summed E-state index contributed by atoms with van der Waals surface area (Å²) in [6.07, 6.45) is 1.12. The molecule has 2 N–H and O–H groups in total. The van der Waals surface area contributed by atoms with E-state index >= 15 is 0 Å². The minimum Gasteiger partial charge on any atom is -0.506 e. The van der Waals surface area contributed by atoms with Crippen molar-refractivity contribution in [1.29, 1.82) is 0 Å². The minimum absolute atomic E-state index is 0.0457. The van der Waals surface area contributed by atoms with Gasteiger partial charge in [0.2, 0.25) is 0 Å². The van der Waals surface area contributed by atoms with Gasteiger partial charge in [0, 0.05) is 17.8 Å². The Hall–Kier alpha value is -2.94. The number of aryl methyl sites for hydroxylation is 1. The predicted octanol–water partition coefficient (Wildman–Crippen LogP) is 3.22. The molecule has 0 aliphatic carbocycles. The van der Waals surface area contributed by atoms with E-state index in [1.165, 1.54) is 20.1 Å². The van der Waals surface area contributed by atoms with Crippen LogP contribution < -0.4 is 4.74 Å². The van der Waals surface area contributed by atoms with Gasteiger partial charge in [-0.3, -0.25) is 15.1 Å². The van der Waals surface area contributed by atoms with Gasteiger partial charge < -0.3 is 19.7 Å². The predicted molar refractivity (Wildman–Crippen MR) is 109 cm³/mol. The van der Waals surface area contributed by atoms with E-state index in [4.69, 9.17) is 9.47 Å². The van der Waals surface area contributed by atoms with E-state index in [9.17, 15) is 25.1 Å².